The first-order valence-electron chi connectivity index (χ1n) is 6.98. The summed E-state index contributed by atoms with van der Waals surface area (Å²) < 4.78 is 15.4. The van der Waals surface area contributed by atoms with Crippen molar-refractivity contribution in [1.82, 2.24) is 9.38 Å². The van der Waals surface area contributed by atoms with Crippen LogP contribution in [-0.4, -0.2) is 15.3 Å². The minimum Gasteiger partial charge on any atom is -0.369 e. The molecule has 0 bridgehead atoms. The maximum Gasteiger partial charge on any atom is 0.223 e. The molecule has 1 amide bonds. The van der Waals surface area contributed by atoms with E-state index in [2.05, 4.69) is 4.98 Å². The number of hydrogen-bond acceptors (Lipinski definition) is 2. The topological polar surface area (TPSA) is 60.4 Å². The van der Waals surface area contributed by atoms with E-state index in [1.54, 1.807) is 19.1 Å². The number of benzene rings is 1. The summed E-state index contributed by atoms with van der Waals surface area (Å²) in [4.78, 5) is 16.0. The summed E-state index contributed by atoms with van der Waals surface area (Å²) in [7, 11) is 0. The van der Waals surface area contributed by atoms with E-state index in [9.17, 15) is 9.18 Å². The largest absolute Gasteiger partial charge is 0.369 e. The summed E-state index contributed by atoms with van der Waals surface area (Å²) in [6.07, 6.45) is 2.00. The first-order valence-corrected chi connectivity index (χ1v) is 6.98. The molecule has 22 heavy (non-hydrogen) atoms. The Morgan fingerprint density at radius 1 is 1.27 bits per heavy atom. The lowest BCUT2D eigenvalue weighted by Gasteiger charge is -2.05. The van der Waals surface area contributed by atoms with E-state index >= 15 is 0 Å². The van der Waals surface area contributed by atoms with E-state index < -0.39 is 5.91 Å². The highest BCUT2D eigenvalue weighted by Crippen LogP contribution is 2.26. The van der Waals surface area contributed by atoms with Crippen LogP contribution in [0.5, 0.6) is 0 Å². The van der Waals surface area contributed by atoms with Crippen LogP contribution in [0.2, 0.25) is 0 Å². The SMILES string of the molecule is Cc1ccc2nc(-c3ccc(F)c(C)c3)c(CC(N)=O)n2c1. The number of pyridine rings is 1. The lowest BCUT2D eigenvalue weighted by atomic mass is 10.1. The molecule has 1 aromatic carbocycles. The molecule has 2 N–H and O–H groups in total. The molecule has 0 aliphatic rings. The number of primary amides is 1. The van der Waals surface area contributed by atoms with Crippen LogP contribution in [0, 0.1) is 19.7 Å². The quantitative estimate of drug-likeness (QED) is 0.808. The molecule has 3 rings (SSSR count). The van der Waals surface area contributed by atoms with Crippen molar-refractivity contribution in [2.45, 2.75) is 20.3 Å². The highest BCUT2D eigenvalue weighted by atomic mass is 19.1. The Kier molecular flexibility index (Phi) is 3.41. The van der Waals surface area contributed by atoms with Crippen molar-refractivity contribution in [3.05, 3.63) is 59.2 Å². The predicted octanol–water partition coefficient (Wildman–Crippen LogP) is 2.79. The third-order valence-electron chi connectivity index (χ3n) is 3.64. The molecule has 3 aromatic rings. The molecule has 0 spiro atoms. The van der Waals surface area contributed by atoms with E-state index in [-0.39, 0.29) is 12.2 Å². The van der Waals surface area contributed by atoms with Gasteiger partial charge in [0, 0.05) is 11.8 Å². The van der Waals surface area contributed by atoms with Gasteiger partial charge in [0.1, 0.15) is 11.5 Å². The summed E-state index contributed by atoms with van der Waals surface area (Å²) in [5.74, 6) is -0.691. The van der Waals surface area contributed by atoms with Gasteiger partial charge in [0.15, 0.2) is 0 Å². The Labute approximate surface area is 127 Å². The molecular formula is C17H16FN3O. The van der Waals surface area contributed by atoms with E-state index in [1.165, 1.54) is 6.07 Å². The molecule has 0 aliphatic heterocycles. The Bertz CT molecular complexity index is 883. The minimum atomic E-state index is -0.427. The van der Waals surface area contributed by atoms with Gasteiger partial charge in [0.05, 0.1) is 17.8 Å². The van der Waals surface area contributed by atoms with E-state index in [1.807, 2.05) is 29.7 Å². The van der Waals surface area contributed by atoms with Crippen molar-refractivity contribution in [3.63, 3.8) is 0 Å². The number of amides is 1. The standard InChI is InChI=1S/C17H16FN3O/c1-10-3-6-16-20-17(12-4-5-13(18)11(2)7-12)14(8-15(19)22)21(16)9-10/h3-7,9H,8H2,1-2H3,(H2,19,22). The number of carbonyl (C=O) groups is 1. The lowest BCUT2D eigenvalue weighted by Crippen LogP contribution is -2.15. The number of fused-ring (bicyclic) bond motifs is 1. The van der Waals surface area contributed by atoms with Crippen LogP contribution in [0.4, 0.5) is 4.39 Å². The second-order valence-corrected chi connectivity index (χ2v) is 5.45. The van der Waals surface area contributed by atoms with Gasteiger partial charge in [-0.2, -0.15) is 0 Å². The summed E-state index contributed by atoms with van der Waals surface area (Å²) >= 11 is 0. The van der Waals surface area contributed by atoms with Crippen LogP contribution in [0.15, 0.2) is 36.5 Å². The van der Waals surface area contributed by atoms with Gasteiger partial charge in [0.25, 0.3) is 0 Å². The predicted molar refractivity (Wildman–Crippen MR) is 83.0 cm³/mol. The normalized spacial score (nSPS) is 11.0. The molecule has 0 radical (unpaired) electrons. The number of halogens is 1. The van der Waals surface area contributed by atoms with E-state index in [0.29, 0.717) is 11.3 Å². The summed E-state index contributed by atoms with van der Waals surface area (Å²) in [5.41, 5.74) is 9.85. The minimum absolute atomic E-state index is 0.0797. The Balaban J connectivity index is 2.27. The number of rotatable bonds is 3. The molecule has 0 unspecified atom stereocenters. The molecule has 112 valence electrons. The van der Waals surface area contributed by atoms with Crippen LogP contribution in [0.25, 0.3) is 16.9 Å². The maximum atomic E-state index is 13.5. The van der Waals surface area contributed by atoms with Crippen molar-refractivity contribution in [3.8, 4) is 11.3 Å². The number of hydrogen-bond donors (Lipinski definition) is 1. The Hall–Kier alpha value is -2.69. The van der Waals surface area contributed by atoms with E-state index in [0.717, 1.165) is 22.5 Å². The molecule has 4 nitrogen and oxygen atoms in total. The fourth-order valence-corrected chi connectivity index (χ4v) is 2.56. The number of nitrogens with zero attached hydrogens (tertiary/aromatic N) is 2. The van der Waals surface area contributed by atoms with Gasteiger partial charge in [-0.25, -0.2) is 9.37 Å². The van der Waals surface area contributed by atoms with Gasteiger partial charge in [-0.15, -0.1) is 0 Å². The molecule has 2 aromatic heterocycles. The van der Waals surface area contributed by atoms with Crippen molar-refractivity contribution >= 4 is 11.6 Å². The van der Waals surface area contributed by atoms with Gasteiger partial charge >= 0.3 is 0 Å². The Morgan fingerprint density at radius 3 is 2.73 bits per heavy atom. The van der Waals surface area contributed by atoms with Crippen molar-refractivity contribution in [2.75, 3.05) is 0 Å². The van der Waals surface area contributed by atoms with Gasteiger partial charge < -0.3 is 10.1 Å². The molecule has 0 fully saturated rings. The molecule has 0 aliphatic carbocycles. The first kappa shape index (κ1) is 14.3. The molecule has 0 saturated carbocycles. The van der Waals surface area contributed by atoms with Gasteiger partial charge in [-0.3, -0.25) is 4.79 Å². The van der Waals surface area contributed by atoms with Gasteiger partial charge in [0.2, 0.25) is 5.91 Å². The highest BCUT2D eigenvalue weighted by Gasteiger charge is 2.16. The second-order valence-electron chi connectivity index (χ2n) is 5.45. The highest BCUT2D eigenvalue weighted by molar-refractivity contribution is 5.80. The lowest BCUT2D eigenvalue weighted by molar-refractivity contribution is -0.117. The first-order chi connectivity index (χ1) is 10.5. The average Bonchev–Trinajstić information content (AvgIpc) is 2.79. The zero-order chi connectivity index (χ0) is 15.9. The third kappa shape index (κ3) is 2.45. The number of nitrogens with two attached hydrogens (primary N) is 1. The number of aryl methyl sites for hydroxylation is 2. The molecule has 2 heterocycles. The third-order valence-corrected chi connectivity index (χ3v) is 3.64. The molecular weight excluding hydrogens is 281 g/mol. The van der Waals surface area contributed by atoms with Crippen LogP contribution in [-0.2, 0) is 11.2 Å². The molecule has 0 atom stereocenters. The monoisotopic (exact) mass is 297 g/mol. The van der Waals surface area contributed by atoms with Crippen molar-refractivity contribution in [1.29, 1.82) is 0 Å². The summed E-state index contributed by atoms with van der Waals surface area (Å²) in [6.45, 7) is 3.67. The molecule has 5 heteroatoms. The van der Waals surface area contributed by atoms with Crippen LogP contribution in [0.3, 0.4) is 0 Å². The van der Waals surface area contributed by atoms with Crippen LogP contribution >= 0.6 is 0 Å². The number of imidazole rings is 1. The Morgan fingerprint density at radius 2 is 2.05 bits per heavy atom. The average molecular weight is 297 g/mol. The zero-order valence-electron chi connectivity index (χ0n) is 12.4. The summed E-state index contributed by atoms with van der Waals surface area (Å²) in [5, 5.41) is 0. The van der Waals surface area contributed by atoms with Gasteiger partial charge in [-0.05, 0) is 49.2 Å². The van der Waals surface area contributed by atoms with Gasteiger partial charge in [-0.1, -0.05) is 6.07 Å². The summed E-state index contributed by atoms with van der Waals surface area (Å²) in [6, 6.07) is 8.65. The fourth-order valence-electron chi connectivity index (χ4n) is 2.56. The van der Waals surface area contributed by atoms with Crippen molar-refractivity contribution < 1.29 is 9.18 Å². The molecule has 0 saturated heterocycles. The second kappa shape index (κ2) is 5.26. The van der Waals surface area contributed by atoms with Crippen LogP contribution in [0.1, 0.15) is 16.8 Å². The smallest absolute Gasteiger partial charge is 0.223 e. The van der Waals surface area contributed by atoms with E-state index in [4.69, 9.17) is 5.73 Å². The fraction of sp³-hybridized carbons (Fsp3) is 0.176. The van der Waals surface area contributed by atoms with Crippen LogP contribution < -0.4 is 5.73 Å². The number of aromatic nitrogens is 2. The zero-order valence-corrected chi connectivity index (χ0v) is 12.4. The number of carbonyl (C=O) groups excluding carboxylic acids is 1. The maximum absolute atomic E-state index is 13.5. The van der Waals surface area contributed by atoms with Crippen molar-refractivity contribution in [2.24, 2.45) is 5.73 Å².